The van der Waals surface area contributed by atoms with E-state index in [1.807, 2.05) is 13.8 Å². The van der Waals surface area contributed by atoms with Crippen LogP contribution < -0.4 is 5.73 Å². The van der Waals surface area contributed by atoms with Gasteiger partial charge in [-0.25, -0.2) is 0 Å². The van der Waals surface area contributed by atoms with E-state index in [9.17, 15) is 4.79 Å². The van der Waals surface area contributed by atoms with Gasteiger partial charge in [-0.05, 0) is 32.6 Å². The number of oxime groups is 1. The van der Waals surface area contributed by atoms with E-state index >= 15 is 0 Å². The molecule has 1 saturated carbocycles. The molecule has 5 nitrogen and oxygen atoms in total. The molecule has 0 bridgehead atoms. The van der Waals surface area contributed by atoms with Crippen molar-refractivity contribution in [2.45, 2.75) is 45.6 Å². The molecule has 0 saturated heterocycles. The van der Waals surface area contributed by atoms with Gasteiger partial charge in [0.1, 0.15) is 5.84 Å². The lowest BCUT2D eigenvalue weighted by Gasteiger charge is -2.26. The summed E-state index contributed by atoms with van der Waals surface area (Å²) in [7, 11) is 0. The molecule has 1 fully saturated rings. The van der Waals surface area contributed by atoms with Crippen molar-refractivity contribution >= 4 is 11.7 Å². The Morgan fingerprint density at radius 1 is 1.56 bits per heavy atom. The summed E-state index contributed by atoms with van der Waals surface area (Å²) in [6, 6.07) is 0.165. The molecule has 1 aliphatic rings. The molecular formula is C11H21N3O2. The van der Waals surface area contributed by atoms with Gasteiger partial charge in [0.25, 0.3) is 0 Å². The van der Waals surface area contributed by atoms with Gasteiger partial charge in [-0.1, -0.05) is 5.16 Å². The average Bonchev–Trinajstić information content (AvgIpc) is 3.01. The fourth-order valence-corrected chi connectivity index (χ4v) is 1.64. The molecule has 5 heteroatoms. The maximum atomic E-state index is 11.9. The first-order valence-electron chi connectivity index (χ1n) is 5.80. The number of nitrogens with two attached hydrogens (primary N) is 1. The number of nitrogens with zero attached hydrogens (tertiary/aromatic N) is 2. The number of amides is 1. The van der Waals surface area contributed by atoms with Crippen molar-refractivity contribution in [3.8, 4) is 0 Å². The fraction of sp³-hybridized carbons (Fsp3) is 0.818. The maximum absolute atomic E-state index is 11.9. The summed E-state index contributed by atoms with van der Waals surface area (Å²) in [6.45, 7) is 4.49. The topological polar surface area (TPSA) is 78.9 Å². The van der Waals surface area contributed by atoms with Crippen LogP contribution in [0.2, 0.25) is 0 Å². The molecule has 0 atom stereocenters. The molecule has 1 aliphatic carbocycles. The zero-order valence-electron chi connectivity index (χ0n) is 10.0. The van der Waals surface area contributed by atoms with Gasteiger partial charge in [-0.15, -0.1) is 0 Å². The highest BCUT2D eigenvalue weighted by Crippen LogP contribution is 2.33. The van der Waals surface area contributed by atoms with Crippen molar-refractivity contribution < 1.29 is 10.0 Å². The summed E-state index contributed by atoms with van der Waals surface area (Å²) in [5, 5.41) is 11.3. The molecule has 0 aromatic rings. The second-order valence-electron chi connectivity index (χ2n) is 4.67. The minimum absolute atomic E-state index is 0.165. The van der Waals surface area contributed by atoms with Gasteiger partial charge >= 0.3 is 0 Å². The normalized spacial score (nSPS) is 16.6. The fourth-order valence-electron chi connectivity index (χ4n) is 1.64. The quantitative estimate of drug-likeness (QED) is 0.309. The zero-order chi connectivity index (χ0) is 12.1. The molecule has 0 aromatic carbocycles. The van der Waals surface area contributed by atoms with E-state index in [1.165, 1.54) is 12.8 Å². The largest absolute Gasteiger partial charge is 0.409 e. The molecule has 0 heterocycles. The highest BCUT2D eigenvalue weighted by Gasteiger charge is 2.27. The number of amidine groups is 1. The Morgan fingerprint density at radius 2 is 2.19 bits per heavy atom. The minimum atomic E-state index is 0.165. The van der Waals surface area contributed by atoms with E-state index in [1.54, 1.807) is 4.90 Å². The van der Waals surface area contributed by atoms with Crippen molar-refractivity contribution in [3.05, 3.63) is 0 Å². The van der Waals surface area contributed by atoms with Crippen LogP contribution in [0, 0.1) is 5.92 Å². The summed E-state index contributed by atoms with van der Waals surface area (Å²) < 4.78 is 0. The summed E-state index contributed by atoms with van der Waals surface area (Å²) in [6.07, 6.45) is 3.43. The molecule has 0 radical (unpaired) electrons. The van der Waals surface area contributed by atoms with Gasteiger partial charge < -0.3 is 15.8 Å². The second kappa shape index (κ2) is 5.72. The number of rotatable bonds is 6. The van der Waals surface area contributed by atoms with E-state index < -0.39 is 0 Å². The van der Waals surface area contributed by atoms with Crippen molar-refractivity contribution in [3.63, 3.8) is 0 Å². The highest BCUT2D eigenvalue weighted by molar-refractivity contribution is 5.81. The van der Waals surface area contributed by atoms with Gasteiger partial charge in [-0.2, -0.15) is 0 Å². The van der Waals surface area contributed by atoms with Crippen LogP contribution in [0.15, 0.2) is 5.16 Å². The molecule has 0 spiro atoms. The van der Waals surface area contributed by atoms with Crippen LogP contribution in [0.1, 0.15) is 39.5 Å². The standard InChI is InChI=1S/C11H21N3O2/c1-8(2)14(6-5-10(12)13-16)11(15)7-9-3-4-9/h8-9,16H,3-7H2,1-2H3,(H2,12,13). The first-order valence-corrected chi connectivity index (χ1v) is 5.80. The third kappa shape index (κ3) is 4.08. The van der Waals surface area contributed by atoms with Crippen LogP contribution in [0.5, 0.6) is 0 Å². The first-order chi connectivity index (χ1) is 7.54. The van der Waals surface area contributed by atoms with Crippen molar-refractivity contribution in [1.82, 2.24) is 4.90 Å². The van der Waals surface area contributed by atoms with Crippen LogP contribution in [-0.4, -0.2) is 34.4 Å². The van der Waals surface area contributed by atoms with Crippen LogP contribution >= 0.6 is 0 Å². The Morgan fingerprint density at radius 3 is 2.62 bits per heavy atom. The third-order valence-corrected chi connectivity index (χ3v) is 2.84. The van der Waals surface area contributed by atoms with E-state index in [0.29, 0.717) is 25.3 Å². The number of carbonyl (C=O) groups is 1. The predicted octanol–water partition coefficient (Wildman–Crippen LogP) is 1.16. The van der Waals surface area contributed by atoms with Gasteiger partial charge in [0.05, 0.1) is 0 Å². The van der Waals surface area contributed by atoms with E-state index in [-0.39, 0.29) is 17.8 Å². The van der Waals surface area contributed by atoms with Crippen LogP contribution in [0.4, 0.5) is 0 Å². The van der Waals surface area contributed by atoms with Crippen LogP contribution in [0.3, 0.4) is 0 Å². The minimum Gasteiger partial charge on any atom is -0.409 e. The number of hydrogen-bond donors (Lipinski definition) is 2. The molecule has 0 aromatic heterocycles. The summed E-state index contributed by atoms with van der Waals surface area (Å²) in [5.41, 5.74) is 5.40. The highest BCUT2D eigenvalue weighted by atomic mass is 16.4. The van der Waals surface area contributed by atoms with Crippen molar-refractivity contribution in [2.24, 2.45) is 16.8 Å². The Balaban J connectivity index is 2.42. The van der Waals surface area contributed by atoms with Crippen molar-refractivity contribution in [2.75, 3.05) is 6.54 Å². The first kappa shape index (κ1) is 12.8. The number of carbonyl (C=O) groups excluding carboxylic acids is 1. The molecule has 92 valence electrons. The lowest BCUT2D eigenvalue weighted by atomic mass is 10.2. The Labute approximate surface area is 96.3 Å². The van der Waals surface area contributed by atoms with Gasteiger partial charge in [0.2, 0.25) is 5.91 Å². The number of hydrogen-bond acceptors (Lipinski definition) is 3. The smallest absolute Gasteiger partial charge is 0.223 e. The monoisotopic (exact) mass is 227 g/mol. The Bertz CT molecular complexity index is 272. The summed E-state index contributed by atoms with van der Waals surface area (Å²) in [5.74, 6) is 0.950. The molecule has 1 rings (SSSR count). The van der Waals surface area contributed by atoms with E-state index in [0.717, 1.165) is 0 Å². The second-order valence-corrected chi connectivity index (χ2v) is 4.67. The molecular weight excluding hydrogens is 206 g/mol. The average molecular weight is 227 g/mol. The van der Waals surface area contributed by atoms with Crippen LogP contribution in [0.25, 0.3) is 0 Å². The lowest BCUT2D eigenvalue weighted by Crippen LogP contribution is -2.39. The molecule has 3 N–H and O–H groups in total. The molecule has 1 amide bonds. The van der Waals surface area contributed by atoms with Crippen molar-refractivity contribution in [1.29, 1.82) is 0 Å². The third-order valence-electron chi connectivity index (χ3n) is 2.84. The van der Waals surface area contributed by atoms with E-state index in [2.05, 4.69) is 5.16 Å². The Hall–Kier alpha value is -1.26. The maximum Gasteiger partial charge on any atom is 0.223 e. The van der Waals surface area contributed by atoms with Gasteiger partial charge in [0.15, 0.2) is 0 Å². The molecule has 16 heavy (non-hydrogen) atoms. The zero-order valence-corrected chi connectivity index (χ0v) is 10.0. The molecule has 0 unspecified atom stereocenters. The Kier molecular flexibility index (Phi) is 4.58. The lowest BCUT2D eigenvalue weighted by molar-refractivity contribution is -0.133. The predicted molar refractivity (Wildman–Crippen MR) is 62.2 cm³/mol. The summed E-state index contributed by atoms with van der Waals surface area (Å²) >= 11 is 0. The summed E-state index contributed by atoms with van der Waals surface area (Å²) in [4.78, 5) is 13.7. The molecule has 0 aliphatic heterocycles. The van der Waals surface area contributed by atoms with Gasteiger partial charge in [-0.3, -0.25) is 4.79 Å². The SMILES string of the molecule is CC(C)N(CCC(N)=NO)C(=O)CC1CC1. The van der Waals surface area contributed by atoms with Crippen LogP contribution in [-0.2, 0) is 4.79 Å². The van der Waals surface area contributed by atoms with E-state index in [4.69, 9.17) is 10.9 Å². The van der Waals surface area contributed by atoms with Gasteiger partial charge in [0, 0.05) is 25.4 Å².